The average Bonchev–Trinajstić information content (AvgIpc) is 3.26. The van der Waals surface area contributed by atoms with Gasteiger partial charge in [0, 0.05) is 56.1 Å². The number of benzene rings is 4. The van der Waals surface area contributed by atoms with E-state index in [0.717, 1.165) is 63.1 Å². The maximum atomic E-state index is 12.9. The van der Waals surface area contributed by atoms with Crippen LogP contribution in [0.25, 0.3) is 21.8 Å². The third kappa shape index (κ3) is 13.9. The topological polar surface area (TPSA) is 367 Å². The molecular formula is C40H48N8O13S3. The van der Waals surface area contributed by atoms with E-state index in [1.807, 2.05) is 34.1 Å². The standard InChI is InChI=1S/2C20H20N4O3S.H2O4S.3H2O/c2*25-20(24-13-11-21-12-14-24)16-6-8-17(9-7-16)23-28(26,27)18-5-1-3-15-4-2-10-22-19(15)18;1-5(2,3)4;;;/h2*1-10,21,23H,11-14H2;(H2,1,2,3,4);3*1H2. The molecule has 2 fully saturated rings. The lowest BCUT2D eigenvalue weighted by atomic mass is 10.1. The molecule has 6 aromatic rings. The van der Waals surface area contributed by atoms with Gasteiger partial charge >= 0.3 is 0 Å². The summed E-state index contributed by atoms with van der Waals surface area (Å²) in [7, 11) is -12.8. The number of hydrogen-bond acceptors (Lipinski definition) is 12. The summed E-state index contributed by atoms with van der Waals surface area (Å²) in [5.74, 6) is -0.0541. The Balaban J connectivity index is 0.000000295. The lowest BCUT2D eigenvalue weighted by Crippen LogP contribution is -2.89. The van der Waals surface area contributed by atoms with E-state index in [1.165, 1.54) is 12.1 Å². The summed E-state index contributed by atoms with van der Waals surface area (Å²) >= 11 is 0. The van der Waals surface area contributed by atoms with Crippen molar-refractivity contribution in [3.05, 3.63) is 133 Å². The first-order valence-corrected chi connectivity index (χ1v) is 23.2. The van der Waals surface area contributed by atoms with Crippen molar-refractivity contribution in [1.29, 1.82) is 0 Å². The lowest BCUT2D eigenvalue weighted by Gasteiger charge is -2.25. The molecule has 344 valence electrons. The third-order valence-electron chi connectivity index (χ3n) is 9.53. The predicted octanol–water partition coefficient (Wildman–Crippen LogP) is -1.70. The van der Waals surface area contributed by atoms with Crippen LogP contribution in [-0.2, 0) is 30.4 Å². The number of anilines is 2. The number of rotatable bonds is 8. The Kier molecular flexibility index (Phi) is 18.7. The third-order valence-corrected chi connectivity index (χ3v) is 12.4. The molecule has 8 rings (SSSR count). The number of sulfonamides is 2. The van der Waals surface area contributed by atoms with Crippen LogP contribution >= 0.6 is 0 Å². The Morgan fingerprint density at radius 1 is 0.500 bits per heavy atom. The van der Waals surface area contributed by atoms with Gasteiger partial charge in [0.25, 0.3) is 31.9 Å². The van der Waals surface area contributed by atoms with E-state index in [1.54, 1.807) is 85.2 Å². The number of pyridine rings is 2. The van der Waals surface area contributed by atoms with E-state index in [2.05, 4.69) is 30.0 Å². The molecule has 4 heterocycles. The molecule has 0 aliphatic carbocycles. The van der Waals surface area contributed by atoms with E-state index in [9.17, 15) is 26.4 Å². The number of aromatic nitrogens is 2. The van der Waals surface area contributed by atoms with Crippen molar-refractivity contribution in [2.45, 2.75) is 9.79 Å². The summed E-state index contributed by atoms with van der Waals surface area (Å²) in [6.07, 6.45) is 3.14. The minimum atomic E-state index is -5.17. The zero-order chi connectivity index (χ0) is 43.6. The monoisotopic (exact) mass is 944 g/mol. The molecule has 4 aromatic carbocycles. The van der Waals surface area contributed by atoms with Crippen molar-refractivity contribution in [3.63, 3.8) is 0 Å². The van der Waals surface area contributed by atoms with Crippen LogP contribution in [0, 0.1) is 0 Å². The molecule has 0 saturated carbocycles. The van der Waals surface area contributed by atoms with E-state index < -0.39 is 30.4 Å². The Morgan fingerprint density at radius 3 is 1.14 bits per heavy atom. The highest BCUT2D eigenvalue weighted by molar-refractivity contribution is 7.93. The van der Waals surface area contributed by atoms with E-state index in [0.29, 0.717) is 33.5 Å². The molecule has 0 bridgehead atoms. The van der Waals surface area contributed by atoms with Crippen molar-refractivity contribution < 1.29 is 71.0 Å². The first-order chi connectivity index (χ1) is 29.1. The fourth-order valence-electron chi connectivity index (χ4n) is 6.64. The molecule has 2 saturated heterocycles. The van der Waals surface area contributed by atoms with Crippen LogP contribution in [0.5, 0.6) is 0 Å². The number of para-hydroxylation sites is 2. The Bertz CT molecular complexity index is 2650. The molecule has 2 aromatic heterocycles. The Labute approximate surface area is 369 Å². The fraction of sp³-hybridized carbons (Fsp3) is 0.200. The number of nitrogens with two attached hydrogens (primary N) is 2. The normalized spacial score (nSPS) is 13.8. The first kappa shape index (κ1) is 52.2. The summed E-state index contributed by atoms with van der Waals surface area (Å²) in [5, 5.41) is 5.88. The van der Waals surface area contributed by atoms with E-state index in [4.69, 9.17) is 17.5 Å². The van der Waals surface area contributed by atoms with Gasteiger partial charge in [0.2, 0.25) is 0 Å². The SMILES string of the molecule is O.O.O.O=C(c1ccc(NS(=O)(=O)c2cccc3cccnc23)cc1)N1CC[NH2+]CC1.O=C(c1ccc(NS(=O)(=O)c2cccc3cccnc23)cc1)N1CC[NH2+]CC1.O=S(=O)([O-])[O-]. The van der Waals surface area contributed by atoms with Gasteiger partial charge in [0.05, 0.1) is 63.4 Å². The van der Waals surface area contributed by atoms with Crippen LogP contribution in [0.4, 0.5) is 11.4 Å². The summed E-state index contributed by atoms with van der Waals surface area (Å²) in [4.78, 5) is 37.4. The number of fused-ring (bicyclic) bond motifs is 2. The van der Waals surface area contributed by atoms with Crippen molar-refractivity contribution in [2.24, 2.45) is 0 Å². The van der Waals surface area contributed by atoms with Gasteiger partial charge < -0.3 is 46.0 Å². The number of piperazine rings is 2. The van der Waals surface area contributed by atoms with Crippen molar-refractivity contribution in [1.82, 2.24) is 19.8 Å². The molecule has 0 spiro atoms. The molecule has 0 atom stereocenters. The van der Waals surface area contributed by atoms with E-state index >= 15 is 0 Å². The predicted molar refractivity (Wildman–Crippen MR) is 234 cm³/mol. The molecule has 2 aliphatic rings. The summed E-state index contributed by atoms with van der Waals surface area (Å²) in [6, 6.07) is 30.3. The number of carbonyl (C=O) groups excluding carboxylic acids is 2. The minimum Gasteiger partial charge on any atom is -0.759 e. The van der Waals surface area contributed by atoms with Crippen LogP contribution in [0.2, 0.25) is 0 Å². The van der Waals surface area contributed by atoms with Crippen LogP contribution in [0.1, 0.15) is 20.7 Å². The highest BCUT2D eigenvalue weighted by atomic mass is 32.3. The van der Waals surface area contributed by atoms with Gasteiger partial charge in [-0.15, -0.1) is 0 Å². The minimum absolute atomic E-state index is 0. The Hall–Kier alpha value is -6.19. The lowest BCUT2D eigenvalue weighted by molar-refractivity contribution is -0.662. The fourth-order valence-corrected chi connectivity index (χ4v) is 9.12. The van der Waals surface area contributed by atoms with Gasteiger partial charge in [-0.3, -0.25) is 37.4 Å². The number of nitrogens with zero attached hydrogens (tertiary/aromatic N) is 4. The van der Waals surface area contributed by atoms with Gasteiger partial charge in [-0.25, -0.2) is 16.8 Å². The van der Waals surface area contributed by atoms with Gasteiger partial charge in [-0.1, -0.05) is 36.4 Å². The number of amides is 2. The smallest absolute Gasteiger partial charge is 0.264 e. The molecule has 24 heteroatoms. The molecular weight excluding hydrogens is 897 g/mol. The van der Waals surface area contributed by atoms with Crippen molar-refractivity contribution in [2.75, 3.05) is 61.8 Å². The largest absolute Gasteiger partial charge is 0.759 e. The highest BCUT2D eigenvalue weighted by Crippen LogP contribution is 2.25. The van der Waals surface area contributed by atoms with Crippen LogP contribution in [0.3, 0.4) is 0 Å². The van der Waals surface area contributed by atoms with Gasteiger partial charge in [0.15, 0.2) is 0 Å². The quantitative estimate of drug-likeness (QED) is 0.0980. The zero-order valence-electron chi connectivity index (χ0n) is 34.0. The average molecular weight is 945 g/mol. The molecule has 0 radical (unpaired) electrons. The molecule has 2 aliphatic heterocycles. The number of nitrogens with one attached hydrogen (secondary N) is 2. The van der Waals surface area contributed by atoms with Gasteiger partial charge in [-0.05, 0) is 72.8 Å². The molecule has 2 amide bonds. The summed E-state index contributed by atoms with van der Waals surface area (Å²) in [6.45, 7) is 6.52. The number of quaternary nitrogens is 2. The van der Waals surface area contributed by atoms with Gasteiger partial charge in [0.1, 0.15) is 9.79 Å². The highest BCUT2D eigenvalue weighted by Gasteiger charge is 2.23. The second-order valence-electron chi connectivity index (χ2n) is 13.8. The molecule has 21 nitrogen and oxygen atoms in total. The maximum absolute atomic E-state index is 12.9. The molecule has 0 unspecified atom stereocenters. The number of hydrogen-bond donors (Lipinski definition) is 4. The second kappa shape index (κ2) is 22.9. The Morgan fingerprint density at radius 2 is 0.812 bits per heavy atom. The second-order valence-corrected chi connectivity index (χ2v) is 17.9. The summed E-state index contributed by atoms with van der Waals surface area (Å²) < 4.78 is 90.6. The number of carbonyl (C=O) groups is 2. The first-order valence-electron chi connectivity index (χ1n) is 18.9. The van der Waals surface area contributed by atoms with Crippen molar-refractivity contribution in [3.8, 4) is 0 Å². The maximum Gasteiger partial charge on any atom is 0.264 e. The summed E-state index contributed by atoms with van der Waals surface area (Å²) in [5.41, 5.74) is 2.75. The van der Waals surface area contributed by atoms with Crippen LogP contribution < -0.4 is 20.1 Å². The molecule has 12 N–H and O–H groups in total. The van der Waals surface area contributed by atoms with Crippen LogP contribution in [-0.4, -0.2) is 135 Å². The zero-order valence-corrected chi connectivity index (χ0v) is 36.4. The van der Waals surface area contributed by atoms with Gasteiger partial charge in [-0.2, -0.15) is 0 Å². The van der Waals surface area contributed by atoms with E-state index in [-0.39, 0.29) is 38.0 Å². The molecule has 64 heavy (non-hydrogen) atoms. The van der Waals surface area contributed by atoms with Crippen LogP contribution in [0.15, 0.2) is 131 Å². The van der Waals surface area contributed by atoms with Crippen molar-refractivity contribution >= 4 is 75.4 Å².